The van der Waals surface area contributed by atoms with Crippen LogP contribution >= 0.6 is 27.7 Å². The summed E-state index contributed by atoms with van der Waals surface area (Å²) in [5.41, 5.74) is 0.527. The van der Waals surface area contributed by atoms with Crippen molar-refractivity contribution in [2.24, 2.45) is 4.99 Å². The number of anilines is 1. The number of hydrogen-bond donors (Lipinski definition) is 1. The summed E-state index contributed by atoms with van der Waals surface area (Å²) in [6.07, 6.45) is -4.70. The van der Waals surface area contributed by atoms with E-state index in [4.69, 9.17) is 0 Å². The summed E-state index contributed by atoms with van der Waals surface area (Å²) in [4.78, 5) is 4.47. The molecule has 1 aliphatic rings. The van der Waals surface area contributed by atoms with Gasteiger partial charge in [0.1, 0.15) is 5.75 Å². The summed E-state index contributed by atoms with van der Waals surface area (Å²) in [5.74, 6) is 0.593. The predicted octanol–water partition coefficient (Wildman–Crippen LogP) is 4.64. The van der Waals surface area contributed by atoms with Crippen LogP contribution in [0, 0.1) is 0 Å². The van der Waals surface area contributed by atoms with E-state index in [-0.39, 0.29) is 15.8 Å². The number of benzene rings is 1. The summed E-state index contributed by atoms with van der Waals surface area (Å²) >= 11 is 4.64. The van der Waals surface area contributed by atoms with Gasteiger partial charge in [0.25, 0.3) is 0 Å². The van der Waals surface area contributed by atoms with E-state index < -0.39 is 6.36 Å². The summed E-state index contributed by atoms with van der Waals surface area (Å²) in [7, 11) is 0. The van der Waals surface area contributed by atoms with Crippen LogP contribution < -0.4 is 10.1 Å². The van der Waals surface area contributed by atoms with Crippen molar-refractivity contribution in [1.29, 1.82) is 0 Å². The minimum absolute atomic E-state index is 0.121. The zero-order chi connectivity index (χ0) is 15.0. The zero-order valence-corrected chi connectivity index (χ0v) is 13.1. The Balaban J connectivity index is 2.10. The first-order valence-electron chi connectivity index (χ1n) is 5.70. The van der Waals surface area contributed by atoms with Crippen molar-refractivity contribution in [3.8, 4) is 5.75 Å². The number of alkyl halides is 3. The van der Waals surface area contributed by atoms with Crippen LogP contribution in [0.1, 0.15) is 13.8 Å². The van der Waals surface area contributed by atoms with Gasteiger partial charge in [0, 0.05) is 11.4 Å². The summed E-state index contributed by atoms with van der Waals surface area (Å²) in [5, 5.41) is 3.83. The lowest BCUT2D eigenvalue weighted by Gasteiger charge is -2.12. The van der Waals surface area contributed by atoms with Crippen LogP contribution in [0.4, 0.5) is 18.9 Å². The Morgan fingerprint density at radius 1 is 1.40 bits per heavy atom. The Bertz CT molecular complexity index is 546. The number of amidine groups is 1. The second-order valence-electron chi connectivity index (χ2n) is 4.84. The maximum atomic E-state index is 12.2. The van der Waals surface area contributed by atoms with Crippen LogP contribution in [0.25, 0.3) is 0 Å². The summed E-state index contributed by atoms with van der Waals surface area (Å²) < 4.78 is 40.6. The van der Waals surface area contributed by atoms with Gasteiger partial charge in [-0.25, -0.2) is 0 Å². The van der Waals surface area contributed by atoms with Crippen LogP contribution in [0.2, 0.25) is 0 Å². The third-order valence-corrected chi connectivity index (χ3v) is 4.31. The fourth-order valence-electron chi connectivity index (χ4n) is 1.56. The van der Waals surface area contributed by atoms with Gasteiger partial charge in [-0.15, -0.1) is 13.2 Å². The second-order valence-corrected chi connectivity index (χ2v) is 6.65. The molecule has 0 saturated carbocycles. The first kappa shape index (κ1) is 15.5. The van der Waals surface area contributed by atoms with Crippen molar-refractivity contribution >= 4 is 38.5 Å². The van der Waals surface area contributed by atoms with Crippen LogP contribution in [0.15, 0.2) is 27.7 Å². The smallest absolute Gasteiger partial charge is 0.405 e. The molecule has 0 aliphatic carbocycles. The Hall–Kier alpha value is -0.890. The number of hydrogen-bond acceptors (Lipinski definition) is 4. The Morgan fingerprint density at radius 2 is 2.10 bits per heavy atom. The number of nitrogens with one attached hydrogen (secondary N) is 1. The number of thioether (sulfide) groups is 1. The summed E-state index contributed by atoms with van der Waals surface area (Å²) in [6, 6.07) is 4.29. The Morgan fingerprint density at radius 3 is 2.60 bits per heavy atom. The van der Waals surface area contributed by atoms with Gasteiger partial charge in [0.05, 0.1) is 10.0 Å². The topological polar surface area (TPSA) is 33.6 Å². The first-order valence-corrected chi connectivity index (χ1v) is 7.47. The van der Waals surface area contributed by atoms with E-state index >= 15 is 0 Å². The van der Waals surface area contributed by atoms with Crippen molar-refractivity contribution in [1.82, 2.24) is 0 Å². The largest absolute Gasteiger partial charge is 0.573 e. The summed E-state index contributed by atoms with van der Waals surface area (Å²) in [6.45, 7) is 4.04. The van der Waals surface area contributed by atoms with Crippen LogP contribution in [0.5, 0.6) is 5.75 Å². The highest BCUT2D eigenvalue weighted by Crippen LogP contribution is 2.33. The standard InChI is InChI=1S/C12H12BrF3N2OS/c1-11(2)6-20-10(18-11)17-7-3-4-9(8(13)5-7)19-12(14,15)16/h3-5H,6H2,1-2H3,(H,17,18). The number of nitrogens with zero attached hydrogens (tertiary/aromatic N) is 1. The molecule has 1 aromatic rings. The van der Waals surface area contributed by atoms with Crippen molar-refractivity contribution < 1.29 is 17.9 Å². The van der Waals surface area contributed by atoms with E-state index in [1.54, 1.807) is 11.8 Å². The van der Waals surface area contributed by atoms with E-state index in [1.807, 2.05) is 13.8 Å². The molecule has 110 valence electrons. The average Bonchev–Trinajstić information content (AvgIpc) is 2.60. The molecule has 0 atom stereocenters. The average molecular weight is 369 g/mol. The van der Waals surface area contributed by atoms with Crippen molar-refractivity contribution in [3.63, 3.8) is 0 Å². The molecule has 0 saturated heterocycles. The highest BCUT2D eigenvalue weighted by Gasteiger charge is 2.32. The highest BCUT2D eigenvalue weighted by atomic mass is 79.9. The highest BCUT2D eigenvalue weighted by molar-refractivity contribution is 9.10. The Kier molecular flexibility index (Phi) is 4.24. The van der Waals surface area contributed by atoms with E-state index in [2.05, 4.69) is 31.0 Å². The monoisotopic (exact) mass is 368 g/mol. The molecule has 2 rings (SSSR count). The lowest BCUT2D eigenvalue weighted by Crippen LogP contribution is -2.17. The van der Waals surface area contributed by atoms with E-state index in [1.165, 1.54) is 18.2 Å². The third-order valence-electron chi connectivity index (χ3n) is 2.38. The maximum absolute atomic E-state index is 12.2. The number of halogens is 4. The third kappa shape index (κ3) is 4.31. The van der Waals surface area contributed by atoms with Crippen LogP contribution in [-0.2, 0) is 0 Å². The van der Waals surface area contributed by atoms with Crippen LogP contribution in [0.3, 0.4) is 0 Å². The van der Waals surface area contributed by atoms with Crippen molar-refractivity contribution in [3.05, 3.63) is 22.7 Å². The molecule has 0 radical (unpaired) electrons. The zero-order valence-electron chi connectivity index (χ0n) is 10.7. The Labute approximate surface area is 127 Å². The number of aliphatic imine (C=N–C) groups is 1. The molecule has 0 unspecified atom stereocenters. The molecule has 0 fully saturated rings. The van der Waals surface area contributed by atoms with Crippen molar-refractivity contribution in [2.45, 2.75) is 25.7 Å². The van der Waals surface area contributed by atoms with E-state index in [9.17, 15) is 13.2 Å². The molecular formula is C12H12BrF3N2OS. The van der Waals surface area contributed by atoms with E-state index in [0.29, 0.717) is 5.69 Å². The second kappa shape index (κ2) is 5.48. The number of ether oxygens (including phenoxy) is 1. The quantitative estimate of drug-likeness (QED) is 0.825. The fraction of sp³-hybridized carbons (Fsp3) is 0.417. The molecule has 3 nitrogen and oxygen atoms in total. The van der Waals surface area contributed by atoms with Gasteiger partial charge in [-0.3, -0.25) is 4.99 Å². The fourth-order valence-corrected chi connectivity index (χ4v) is 3.07. The minimum atomic E-state index is -4.70. The molecule has 1 aromatic carbocycles. The van der Waals surface area contributed by atoms with Gasteiger partial charge in [-0.05, 0) is 48.0 Å². The minimum Gasteiger partial charge on any atom is -0.405 e. The molecule has 1 N–H and O–H groups in total. The van der Waals surface area contributed by atoms with E-state index in [0.717, 1.165) is 10.9 Å². The normalized spacial score (nSPS) is 17.8. The molecule has 0 aromatic heterocycles. The molecule has 0 bridgehead atoms. The van der Waals surface area contributed by atoms with Crippen molar-refractivity contribution in [2.75, 3.05) is 11.1 Å². The predicted molar refractivity (Wildman–Crippen MR) is 78.4 cm³/mol. The molecule has 8 heteroatoms. The van der Waals surface area contributed by atoms with Gasteiger partial charge in [0.15, 0.2) is 5.17 Å². The maximum Gasteiger partial charge on any atom is 0.573 e. The van der Waals surface area contributed by atoms with Gasteiger partial charge in [-0.1, -0.05) is 11.8 Å². The van der Waals surface area contributed by atoms with Crippen LogP contribution in [-0.4, -0.2) is 22.8 Å². The lowest BCUT2D eigenvalue weighted by atomic mass is 10.1. The van der Waals surface area contributed by atoms with Gasteiger partial charge in [0.2, 0.25) is 0 Å². The number of rotatable bonds is 2. The first-order chi connectivity index (χ1) is 9.15. The van der Waals surface area contributed by atoms with Gasteiger partial charge < -0.3 is 10.1 Å². The molecule has 1 heterocycles. The molecule has 20 heavy (non-hydrogen) atoms. The molecule has 0 amide bonds. The SMILES string of the molecule is CC1(C)CSC(Nc2ccc(OC(F)(F)F)c(Br)c2)=N1. The molecule has 1 aliphatic heterocycles. The lowest BCUT2D eigenvalue weighted by molar-refractivity contribution is -0.274. The molecule has 0 spiro atoms. The van der Waals surface area contributed by atoms with Gasteiger partial charge >= 0.3 is 6.36 Å². The van der Waals surface area contributed by atoms with Gasteiger partial charge in [-0.2, -0.15) is 0 Å². The molecular weight excluding hydrogens is 357 g/mol.